The van der Waals surface area contributed by atoms with Crippen LogP contribution in [-0.4, -0.2) is 55.1 Å². The molecule has 1 saturated carbocycles. The molecule has 2 N–H and O–H groups in total. The van der Waals surface area contributed by atoms with Crippen molar-refractivity contribution in [2.45, 2.75) is 57.2 Å². The Morgan fingerprint density at radius 1 is 1.21 bits per heavy atom. The second kappa shape index (κ2) is 12.3. The van der Waals surface area contributed by atoms with Gasteiger partial charge in [0.25, 0.3) is 0 Å². The molecule has 0 spiro atoms. The van der Waals surface area contributed by atoms with Crippen LogP contribution in [-0.2, 0) is 13.6 Å². The SMILES string of the molecule is CN=C(NCc1cccc(OC)c1OC1CCCC1)NC1CCCN(c2cnn(C)c2)C1.I. The molecule has 2 heterocycles. The van der Waals surface area contributed by atoms with Crippen LogP contribution >= 0.6 is 24.0 Å². The number of hydrogen-bond acceptors (Lipinski definition) is 5. The molecule has 1 atom stereocenters. The summed E-state index contributed by atoms with van der Waals surface area (Å²) in [5.74, 6) is 2.45. The molecule has 0 bridgehead atoms. The quantitative estimate of drug-likeness (QED) is 0.302. The molecule has 1 aliphatic carbocycles. The maximum atomic E-state index is 6.37. The average molecular weight is 569 g/mol. The third-order valence-corrected chi connectivity index (χ3v) is 6.36. The van der Waals surface area contributed by atoms with Crippen molar-refractivity contribution in [3.8, 4) is 11.5 Å². The highest BCUT2D eigenvalue weighted by Gasteiger charge is 2.23. The van der Waals surface area contributed by atoms with Crippen LogP contribution in [0.4, 0.5) is 5.69 Å². The summed E-state index contributed by atoms with van der Waals surface area (Å²) >= 11 is 0. The van der Waals surface area contributed by atoms with E-state index in [1.807, 2.05) is 37.1 Å². The molecule has 1 aliphatic heterocycles. The zero-order valence-electron chi connectivity index (χ0n) is 19.9. The predicted octanol–water partition coefficient (Wildman–Crippen LogP) is 3.70. The number of guanidine groups is 1. The molecule has 1 aromatic carbocycles. The monoisotopic (exact) mass is 568 g/mol. The van der Waals surface area contributed by atoms with Gasteiger partial charge in [0.1, 0.15) is 0 Å². The van der Waals surface area contributed by atoms with E-state index < -0.39 is 0 Å². The molecule has 1 unspecified atom stereocenters. The van der Waals surface area contributed by atoms with Crippen LogP contribution in [0.2, 0.25) is 0 Å². The fourth-order valence-electron chi connectivity index (χ4n) is 4.64. The minimum Gasteiger partial charge on any atom is -0.493 e. The van der Waals surface area contributed by atoms with Gasteiger partial charge in [-0.2, -0.15) is 5.10 Å². The highest BCUT2D eigenvalue weighted by Crippen LogP contribution is 2.34. The Morgan fingerprint density at radius 3 is 2.73 bits per heavy atom. The summed E-state index contributed by atoms with van der Waals surface area (Å²) < 4.78 is 13.8. The standard InChI is InChI=1S/C24H36N6O2.HI/c1-25-24(28-19-9-7-13-30(16-19)20-15-27-29(2)17-20)26-14-18-8-6-12-22(31-3)23(18)32-21-10-4-5-11-21;/h6,8,12,15,17,19,21H,4-5,7,9-11,13-14,16H2,1-3H3,(H2,25,26,28);1H. The highest BCUT2D eigenvalue weighted by molar-refractivity contribution is 14.0. The Morgan fingerprint density at radius 2 is 2.03 bits per heavy atom. The number of piperidine rings is 1. The molecule has 0 amide bonds. The summed E-state index contributed by atoms with van der Waals surface area (Å²) in [5, 5.41) is 11.4. The first kappa shape index (κ1) is 25.5. The number of aryl methyl sites for hydroxylation is 1. The molecule has 1 aromatic heterocycles. The van der Waals surface area contributed by atoms with Gasteiger partial charge in [-0.15, -0.1) is 24.0 Å². The lowest BCUT2D eigenvalue weighted by Crippen LogP contribution is -2.51. The number of methoxy groups -OCH3 is 1. The van der Waals surface area contributed by atoms with Gasteiger partial charge in [-0.25, -0.2) is 0 Å². The van der Waals surface area contributed by atoms with E-state index in [-0.39, 0.29) is 30.1 Å². The van der Waals surface area contributed by atoms with Gasteiger partial charge >= 0.3 is 0 Å². The first-order chi connectivity index (χ1) is 15.7. The lowest BCUT2D eigenvalue weighted by molar-refractivity contribution is 0.198. The number of anilines is 1. The molecule has 9 heteroatoms. The summed E-state index contributed by atoms with van der Waals surface area (Å²) in [5.41, 5.74) is 2.26. The molecule has 33 heavy (non-hydrogen) atoms. The Kier molecular flexibility index (Phi) is 9.52. The van der Waals surface area contributed by atoms with E-state index in [4.69, 9.17) is 9.47 Å². The molecule has 182 valence electrons. The van der Waals surface area contributed by atoms with Gasteiger partial charge in [0, 0.05) is 51.5 Å². The van der Waals surface area contributed by atoms with E-state index in [1.54, 1.807) is 7.11 Å². The van der Waals surface area contributed by atoms with Gasteiger partial charge in [-0.05, 0) is 44.6 Å². The first-order valence-corrected chi connectivity index (χ1v) is 11.7. The smallest absolute Gasteiger partial charge is 0.191 e. The van der Waals surface area contributed by atoms with Crippen LogP contribution in [0.15, 0.2) is 35.6 Å². The zero-order valence-corrected chi connectivity index (χ0v) is 22.2. The number of para-hydroxylation sites is 1. The summed E-state index contributed by atoms with van der Waals surface area (Å²) in [4.78, 5) is 6.85. The third-order valence-electron chi connectivity index (χ3n) is 6.36. The number of benzene rings is 1. The zero-order chi connectivity index (χ0) is 22.3. The minimum atomic E-state index is 0. The van der Waals surface area contributed by atoms with Crippen LogP contribution in [0.25, 0.3) is 0 Å². The molecule has 4 rings (SSSR count). The number of aliphatic imine (C=N–C) groups is 1. The van der Waals surface area contributed by atoms with Crippen molar-refractivity contribution < 1.29 is 9.47 Å². The Labute approximate surface area is 214 Å². The Bertz CT molecular complexity index is 912. The van der Waals surface area contributed by atoms with Gasteiger partial charge in [0.05, 0.1) is 25.1 Å². The lowest BCUT2D eigenvalue weighted by Gasteiger charge is -2.34. The van der Waals surface area contributed by atoms with Crippen molar-refractivity contribution in [1.82, 2.24) is 20.4 Å². The number of ether oxygens (including phenoxy) is 2. The van der Waals surface area contributed by atoms with Crippen LogP contribution in [0, 0.1) is 0 Å². The van der Waals surface area contributed by atoms with E-state index in [0.717, 1.165) is 61.8 Å². The lowest BCUT2D eigenvalue weighted by atomic mass is 10.1. The second-order valence-electron chi connectivity index (χ2n) is 8.70. The number of hydrogen-bond donors (Lipinski definition) is 2. The Hall–Kier alpha value is -2.17. The van der Waals surface area contributed by atoms with Crippen LogP contribution in [0.1, 0.15) is 44.1 Å². The van der Waals surface area contributed by atoms with Crippen molar-refractivity contribution in [3.63, 3.8) is 0 Å². The second-order valence-corrected chi connectivity index (χ2v) is 8.70. The number of aromatic nitrogens is 2. The molecule has 2 aliphatic rings. The summed E-state index contributed by atoms with van der Waals surface area (Å²) in [6.07, 6.45) is 11.2. The van der Waals surface area contributed by atoms with E-state index in [9.17, 15) is 0 Å². The Balaban J connectivity index is 0.00000306. The first-order valence-electron chi connectivity index (χ1n) is 11.7. The molecule has 2 fully saturated rings. The number of nitrogens with zero attached hydrogens (tertiary/aromatic N) is 4. The van der Waals surface area contributed by atoms with E-state index in [1.165, 1.54) is 18.5 Å². The molecular weight excluding hydrogens is 531 g/mol. The van der Waals surface area contributed by atoms with Gasteiger partial charge in [-0.3, -0.25) is 9.67 Å². The largest absolute Gasteiger partial charge is 0.493 e. The van der Waals surface area contributed by atoms with Gasteiger partial charge in [-0.1, -0.05) is 12.1 Å². The van der Waals surface area contributed by atoms with Crippen LogP contribution in [0.3, 0.4) is 0 Å². The van der Waals surface area contributed by atoms with Crippen molar-refractivity contribution in [2.24, 2.45) is 12.0 Å². The van der Waals surface area contributed by atoms with Gasteiger partial charge in [0.2, 0.25) is 0 Å². The van der Waals surface area contributed by atoms with Crippen LogP contribution < -0.4 is 25.0 Å². The number of nitrogens with one attached hydrogen (secondary N) is 2. The maximum absolute atomic E-state index is 6.37. The molecule has 1 saturated heterocycles. The summed E-state index contributed by atoms with van der Waals surface area (Å²) in [6.45, 7) is 2.61. The molecule has 2 aromatic rings. The molecule has 8 nitrogen and oxygen atoms in total. The van der Waals surface area contributed by atoms with E-state index in [0.29, 0.717) is 12.6 Å². The average Bonchev–Trinajstić information content (AvgIpc) is 3.49. The summed E-state index contributed by atoms with van der Waals surface area (Å²) in [7, 11) is 5.47. The van der Waals surface area contributed by atoms with Crippen LogP contribution in [0.5, 0.6) is 11.5 Å². The number of halogens is 1. The fraction of sp³-hybridized carbons (Fsp3) is 0.583. The number of rotatable bonds is 7. The highest BCUT2D eigenvalue weighted by atomic mass is 127. The third kappa shape index (κ3) is 6.68. The summed E-state index contributed by atoms with van der Waals surface area (Å²) in [6, 6.07) is 6.41. The van der Waals surface area contributed by atoms with E-state index in [2.05, 4.69) is 37.9 Å². The van der Waals surface area contributed by atoms with Crippen molar-refractivity contribution in [3.05, 3.63) is 36.2 Å². The van der Waals surface area contributed by atoms with Crippen molar-refractivity contribution in [1.29, 1.82) is 0 Å². The fourth-order valence-corrected chi connectivity index (χ4v) is 4.64. The topological polar surface area (TPSA) is 75.9 Å². The van der Waals surface area contributed by atoms with E-state index >= 15 is 0 Å². The van der Waals surface area contributed by atoms with Gasteiger partial charge < -0.3 is 25.0 Å². The van der Waals surface area contributed by atoms with Crippen molar-refractivity contribution in [2.75, 3.05) is 32.1 Å². The molecule has 0 radical (unpaired) electrons. The minimum absolute atomic E-state index is 0. The van der Waals surface area contributed by atoms with Crippen molar-refractivity contribution >= 4 is 35.6 Å². The molecular formula is C24H37IN6O2. The predicted molar refractivity (Wildman–Crippen MR) is 143 cm³/mol. The normalized spacial score (nSPS) is 19.2. The van der Waals surface area contributed by atoms with Gasteiger partial charge in [0.15, 0.2) is 17.5 Å². The maximum Gasteiger partial charge on any atom is 0.191 e.